The van der Waals surface area contributed by atoms with Crippen LogP contribution in [0, 0.1) is 0 Å². The van der Waals surface area contributed by atoms with Gasteiger partial charge in [0.15, 0.2) is 0 Å². The number of nitrogens with zero attached hydrogens (tertiary/aromatic N) is 2. The molecule has 2 heterocycles. The Morgan fingerprint density at radius 1 is 1.53 bits per heavy atom. The van der Waals surface area contributed by atoms with Crippen LogP contribution in [0.5, 0.6) is 0 Å². The van der Waals surface area contributed by atoms with Crippen LogP contribution in [0.2, 0.25) is 0 Å². The molecule has 2 amide bonds. The smallest absolute Gasteiger partial charge is 0.320 e. The van der Waals surface area contributed by atoms with Crippen LogP contribution in [-0.4, -0.2) is 64.7 Å². The first-order chi connectivity index (χ1) is 8.12. The van der Waals surface area contributed by atoms with E-state index in [0.717, 1.165) is 32.5 Å². The van der Waals surface area contributed by atoms with E-state index < -0.39 is 5.97 Å². The van der Waals surface area contributed by atoms with Crippen molar-refractivity contribution in [3.63, 3.8) is 0 Å². The minimum atomic E-state index is -0.807. The van der Waals surface area contributed by atoms with Crippen molar-refractivity contribution < 1.29 is 14.7 Å². The summed E-state index contributed by atoms with van der Waals surface area (Å²) in [7, 11) is 0. The molecule has 6 nitrogen and oxygen atoms in total. The molecule has 17 heavy (non-hydrogen) atoms. The van der Waals surface area contributed by atoms with E-state index in [1.165, 1.54) is 0 Å². The van der Waals surface area contributed by atoms with Crippen LogP contribution in [0.1, 0.15) is 19.3 Å². The molecule has 0 bridgehead atoms. The number of carboxylic acid groups (broad SMARTS) is 1. The van der Waals surface area contributed by atoms with Crippen molar-refractivity contribution in [3.05, 3.63) is 0 Å². The molecule has 0 aromatic rings. The third kappa shape index (κ3) is 1.67. The maximum absolute atomic E-state index is 12.2. The van der Waals surface area contributed by atoms with Gasteiger partial charge < -0.3 is 20.2 Å². The van der Waals surface area contributed by atoms with Gasteiger partial charge in [0.05, 0.1) is 18.0 Å². The third-order valence-corrected chi connectivity index (χ3v) is 4.10. The van der Waals surface area contributed by atoms with Gasteiger partial charge in [-0.1, -0.05) is 0 Å². The van der Waals surface area contributed by atoms with E-state index in [1.54, 1.807) is 4.90 Å². The molecule has 3 aliphatic rings. The third-order valence-electron chi connectivity index (χ3n) is 4.10. The predicted octanol–water partition coefficient (Wildman–Crippen LogP) is -0.297. The monoisotopic (exact) mass is 239 g/mol. The molecule has 1 unspecified atom stereocenters. The van der Waals surface area contributed by atoms with E-state index in [9.17, 15) is 9.59 Å². The van der Waals surface area contributed by atoms with Crippen molar-refractivity contribution in [1.82, 2.24) is 15.1 Å². The quantitative estimate of drug-likeness (QED) is 0.709. The van der Waals surface area contributed by atoms with Crippen molar-refractivity contribution in [1.29, 1.82) is 0 Å². The van der Waals surface area contributed by atoms with E-state index in [2.05, 4.69) is 5.32 Å². The van der Waals surface area contributed by atoms with Crippen LogP contribution in [0.4, 0.5) is 4.79 Å². The van der Waals surface area contributed by atoms with E-state index in [-0.39, 0.29) is 24.0 Å². The Bertz CT molecular complexity index is 367. The first kappa shape index (κ1) is 10.8. The second kappa shape index (κ2) is 3.60. The molecule has 1 atom stereocenters. The van der Waals surface area contributed by atoms with Crippen LogP contribution in [-0.2, 0) is 4.79 Å². The molecule has 6 heteroatoms. The first-order valence-electron chi connectivity index (χ1n) is 6.13. The lowest BCUT2D eigenvalue weighted by Gasteiger charge is -2.28. The normalized spacial score (nSPS) is 30.4. The Labute approximate surface area is 99.6 Å². The fraction of sp³-hybridized carbons (Fsp3) is 0.818. The highest BCUT2D eigenvalue weighted by Crippen LogP contribution is 2.47. The van der Waals surface area contributed by atoms with Gasteiger partial charge in [0.25, 0.3) is 0 Å². The number of piperazine rings is 1. The molecule has 0 aromatic carbocycles. The van der Waals surface area contributed by atoms with Crippen molar-refractivity contribution in [3.8, 4) is 0 Å². The molecule has 2 aliphatic heterocycles. The average Bonchev–Trinajstić information content (AvgIpc) is 2.97. The molecule has 0 radical (unpaired) electrons. The minimum Gasteiger partial charge on any atom is -0.481 e. The fourth-order valence-electron chi connectivity index (χ4n) is 2.98. The van der Waals surface area contributed by atoms with Gasteiger partial charge in [-0.25, -0.2) is 4.79 Å². The van der Waals surface area contributed by atoms with E-state index in [1.807, 2.05) is 4.90 Å². The Balaban J connectivity index is 1.76. The van der Waals surface area contributed by atoms with Gasteiger partial charge >= 0.3 is 12.0 Å². The lowest BCUT2D eigenvalue weighted by Crippen LogP contribution is -2.50. The van der Waals surface area contributed by atoms with Gasteiger partial charge in [-0.05, 0) is 12.8 Å². The lowest BCUT2D eigenvalue weighted by molar-refractivity contribution is -0.138. The highest BCUT2D eigenvalue weighted by molar-refractivity contribution is 5.80. The summed E-state index contributed by atoms with van der Waals surface area (Å²) in [6.07, 6.45) is 1.75. The molecule has 2 saturated heterocycles. The van der Waals surface area contributed by atoms with Crippen molar-refractivity contribution in [2.45, 2.75) is 30.8 Å². The number of carbonyl (C=O) groups excluding carboxylic acids is 1. The first-order valence-corrected chi connectivity index (χ1v) is 6.13. The number of amides is 2. The summed E-state index contributed by atoms with van der Waals surface area (Å²) in [4.78, 5) is 26.8. The number of hydrogen-bond acceptors (Lipinski definition) is 3. The number of nitrogens with one attached hydrogen (secondary N) is 1. The maximum atomic E-state index is 12.2. The molecule has 1 aliphatic carbocycles. The second-order valence-electron chi connectivity index (χ2n) is 5.24. The summed E-state index contributed by atoms with van der Waals surface area (Å²) < 4.78 is 0. The molecule has 2 N–H and O–H groups in total. The number of urea groups is 1. The molecule has 3 fully saturated rings. The number of rotatable bonds is 3. The molecule has 3 rings (SSSR count). The zero-order valence-corrected chi connectivity index (χ0v) is 9.69. The Morgan fingerprint density at radius 3 is 2.88 bits per heavy atom. The van der Waals surface area contributed by atoms with Crippen LogP contribution in [0.15, 0.2) is 0 Å². The molecular weight excluding hydrogens is 222 g/mol. The number of aliphatic carboxylic acids is 1. The van der Waals surface area contributed by atoms with Crippen LogP contribution >= 0.6 is 0 Å². The van der Waals surface area contributed by atoms with Crippen LogP contribution in [0.25, 0.3) is 0 Å². The van der Waals surface area contributed by atoms with Gasteiger partial charge in [-0.15, -0.1) is 0 Å². The number of fused-ring (bicyclic) bond motifs is 1. The van der Waals surface area contributed by atoms with E-state index in [0.29, 0.717) is 6.54 Å². The summed E-state index contributed by atoms with van der Waals surface area (Å²) >= 11 is 0. The van der Waals surface area contributed by atoms with Gasteiger partial charge in [0, 0.05) is 26.2 Å². The average molecular weight is 239 g/mol. The number of carbonyl (C=O) groups is 2. The Hall–Kier alpha value is -1.30. The summed E-state index contributed by atoms with van der Waals surface area (Å²) in [6.45, 7) is 3.08. The van der Waals surface area contributed by atoms with Crippen LogP contribution < -0.4 is 5.32 Å². The zero-order valence-electron chi connectivity index (χ0n) is 9.69. The lowest BCUT2D eigenvalue weighted by atomic mass is 10.1. The molecule has 0 spiro atoms. The Kier molecular flexibility index (Phi) is 2.29. The van der Waals surface area contributed by atoms with E-state index >= 15 is 0 Å². The SMILES string of the molecule is O=C(O)CC1(N2CC3CNCCN3C2=O)CC1. The molecule has 94 valence electrons. The van der Waals surface area contributed by atoms with Gasteiger partial charge in [-0.3, -0.25) is 4.79 Å². The Morgan fingerprint density at radius 2 is 2.29 bits per heavy atom. The van der Waals surface area contributed by atoms with Crippen molar-refractivity contribution >= 4 is 12.0 Å². The topological polar surface area (TPSA) is 72.9 Å². The fourth-order valence-corrected chi connectivity index (χ4v) is 2.98. The molecule has 1 saturated carbocycles. The van der Waals surface area contributed by atoms with Crippen LogP contribution in [0.3, 0.4) is 0 Å². The maximum Gasteiger partial charge on any atom is 0.320 e. The predicted molar refractivity (Wildman–Crippen MR) is 59.7 cm³/mol. The summed E-state index contributed by atoms with van der Waals surface area (Å²) in [5.74, 6) is -0.807. The number of hydrogen-bond donors (Lipinski definition) is 2. The highest BCUT2D eigenvalue weighted by atomic mass is 16.4. The second-order valence-corrected chi connectivity index (χ2v) is 5.24. The molecule has 0 aromatic heterocycles. The van der Waals surface area contributed by atoms with Gasteiger partial charge in [0.2, 0.25) is 0 Å². The van der Waals surface area contributed by atoms with Crippen molar-refractivity contribution in [2.24, 2.45) is 0 Å². The van der Waals surface area contributed by atoms with Gasteiger partial charge in [0.1, 0.15) is 0 Å². The molecular formula is C11H17N3O3. The van der Waals surface area contributed by atoms with E-state index in [4.69, 9.17) is 5.11 Å². The van der Waals surface area contributed by atoms with Gasteiger partial charge in [-0.2, -0.15) is 0 Å². The summed E-state index contributed by atoms with van der Waals surface area (Å²) in [6, 6.07) is 0.262. The zero-order chi connectivity index (χ0) is 12.0. The minimum absolute atomic E-state index is 0.0373. The standard InChI is InChI=1S/C11H17N3O3/c15-9(16)5-11(1-2-11)14-7-8-6-12-3-4-13(8)10(14)17/h8,12H,1-7H2,(H,15,16). The number of carboxylic acids is 1. The largest absolute Gasteiger partial charge is 0.481 e. The summed E-state index contributed by atoms with van der Waals surface area (Å²) in [5, 5.41) is 12.2. The summed E-state index contributed by atoms with van der Waals surface area (Å²) in [5.41, 5.74) is -0.375. The highest BCUT2D eigenvalue weighted by Gasteiger charge is 2.56. The van der Waals surface area contributed by atoms with Crippen molar-refractivity contribution in [2.75, 3.05) is 26.2 Å².